The van der Waals surface area contributed by atoms with Crippen LogP contribution in [0.1, 0.15) is 22.9 Å². The van der Waals surface area contributed by atoms with Crippen molar-refractivity contribution in [1.82, 2.24) is 24.8 Å². The summed E-state index contributed by atoms with van der Waals surface area (Å²) in [6.45, 7) is -0.492. The Morgan fingerprint density at radius 1 is 1.12 bits per heavy atom. The van der Waals surface area contributed by atoms with E-state index in [-0.39, 0.29) is 33.6 Å². The van der Waals surface area contributed by atoms with E-state index in [0.717, 1.165) is 20.8 Å². The molecule has 2 aliphatic rings. The highest BCUT2D eigenvalue weighted by atomic mass is 32.2. The van der Waals surface area contributed by atoms with Crippen LogP contribution in [0.25, 0.3) is 0 Å². The summed E-state index contributed by atoms with van der Waals surface area (Å²) in [5.74, 6) is -2.87. The molecule has 256 valence electrons. The average molecular weight is 718 g/mol. The third kappa shape index (κ3) is 6.92. The minimum absolute atomic E-state index is 0.0473. The summed E-state index contributed by atoms with van der Waals surface area (Å²) < 4.78 is 26.2. The highest BCUT2D eigenvalue weighted by Gasteiger charge is 2.58. The van der Waals surface area contributed by atoms with Crippen LogP contribution in [0.5, 0.6) is 0 Å². The number of hydrogen-bond donors (Lipinski definition) is 2. The number of rotatable bonds is 12. The molecule has 0 radical (unpaired) electrons. The lowest BCUT2D eigenvalue weighted by Crippen LogP contribution is -2.74. The standard InChI is InChI=1S/C32H27N7O9S2/c1-46-37-23(22-15-49-31(35-22)34-18-40)27(41)36-24-28(42)39-25(21(16-50(45)29(24)39)14-47-32(44)38-13-12-33-17-38)30(43)48-26(19-8-4-2-5-9-19)20-10-6-3-7-11-20/h2-13,15,17-18,24,26,29H,14,16H2,1H3,(H,36,41)(H,34,35,40)/b37-23+/t24?,29-,50?/m1/s1. The fourth-order valence-electron chi connectivity index (χ4n) is 5.29. The molecule has 3 amide bonds. The molecule has 0 aliphatic carbocycles. The van der Waals surface area contributed by atoms with Crippen LogP contribution in [-0.2, 0) is 44.3 Å². The fraction of sp³-hybridized carbons (Fsp3) is 0.188. The molecule has 18 heteroatoms. The average Bonchev–Trinajstić information content (AvgIpc) is 3.85. The predicted octanol–water partition coefficient (Wildman–Crippen LogP) is 1.95. The lowest BCUT2D eigenvalue weighted by Gasteiger charge is -2.49. The Kier molecular flexibility index (Phi) is 10.2. The second-order valence-corrected chi connectivity index (χ2v) is 13.0. The Morgan fingerprint density at radius 3 is 2.44 bits per heavy atom. The Hall–Kier alpha value is -6.01. The van der Waals surface area contributed by atoms with Crippen molar-refractivity contribution in [2.45, 2.75) is 17.5 Å². The van der Waals surface area contributed by atoms with Gasteiger partial charge < -0.3 is 24.9 Å². The van der Waals surface area contributed by atoms with Gasteiger partial charge in [-0.1, -0.05) is 65.8 Å². The molecule has 2 N–H and O–H groups in total. The molecule has 16 nitrogen and oxygen atoms in total. The summed E-state index contributed by atoms with van der Waals surface area (Å²) >= 11 is 1.02. The van der Waals surface area contributed by atoms with Crippen molar-refractivity contribution < 1.29 is 42.5 Å². The van der Waals surface area contributed by atoms with E-state index >= 15 is 0 Å². The molecular weight excluding hydrogens is 691 g/mol. The van der Waals surface area contributed by atoms with Crippen LogP contribution >= 0.6 is 11.3 Å². The number of fused-ring (bicyclic) bond motifs is 1. The van der Waals surface area contributed by atoms with Gasteiger partial charge in [-0.2, -0.15) is 0 Å². The summed E-state index contributed by atoms with van der Waals surface area (Å²) in [6, 6.07) is 16.6. The van der Waals surface area contributed by atoms with E-state index in [0.29, 0.717) is 17.5 Å². The number of carbonyl (C=O) groups excluding carboxylic acids is 5. The number of amides is 3. The topological polar surface area (TPSA) is 200 Å². The number of thiazole rings is 1. The molecule has 0 bridgehead atoms. The van der Waals surface area contributed by atoms with Crippen LogP contribution in [0.3, 0.4) is 0 Å². The lowest BCUT2D eigenvalue weighted by molar-refractivity contribution is -0.154. The van der Waals surface area contributed by atoms with Gasteiger partial charge in [-0.05, 0) is 11.1 Å². The van der Waals surface area contributed by atoms with Gasteiger partial charge in [-0.15, -0.1) is 11.3 Å². The van der Waals surface area contributed by atoms with Crippen molar-refractivity contribution in [3.63, 3.8) is 0 Å². The first kappa shape index (κ1) is 33.9. The highest BCUT2D eigenvalue weighted by molar-refractivity contribution is 7.86. The number of anilines is 1. The summed E-state index contributed by atoms with van der Waals surface area (Å²) in [4.78, 5) is 78.5. The number of carbonyl (C=O) groups is 5. The lowest BCUT2D eigenvalue weighted by atomic mass is 10.0. The first-order chi connectivity index (χ1) is 24.3. The number of β-lactam (4-membered cyclic amide) rings is 1. The van der Waals surface area contributed by atoms with Gasteiger partial charge in [0, 0.05) is 23.3 Å². The van der Waals surface area contributed by atoms with E-state index in [4.69, 9.17) is 14.3 Å². The maximum atomic E-state index is 14.2. The van der Waals surface area contributed by atoms with Crippen LogP contribution in [0.2, 0.25) is 0 Å². The zero-order valence-electron chi connectivity index (χ0n) is 26.0. The van der Waals surface area contributed by atoms with Crippen molar-refractivity contribution in [3.8, 4) is 0 Å². The molecule has 2 unspecified atom stereocenters. The molecule has 0 spiro atoms. The number of imidazole rings is 1. The number of esters is 1. The van der Waals surface area contributed by atoms with Crippen molar-refractivity contribution in [3.05, 3.63) is 113 Å². The summed E-state index contributed by atoms with van der Waals surface area (Å²) in [5.41, 5.74) is 0.855. The van der Waals surface area contributed by atoms with Crippen LogP contribution in [0, 0.1) is 0 Å². The van der Waals surface area contributed by atoms with Crippen molar-refractivity contribution in [2.24, 2.45) is 5.16 Å². The molecular formula is C32H27N7O9S2. The van der Waals surface area contributed by atoms with Crippen molar-refractivity contribution in [2.75, 3.05) is 24.8 Å². The van der Waals surface area contributed by atoms with E-state index < -0.39 is 58.8 Å². The van der Waals surface area contributed by atoms with Gasteiger partial charge >= 0.3 is 12.1 Å². The van der Waals surface area contributed by atoms with Gasteiger partial charge in [0.1, 0.15) is 42.9 Å². The smallest absolute Gasteiger partial charge is 0.419 e. The van der Waals surface area contributed by atoms with E-state index in [2.05, 4.69) is 25.8 Å². The van der Waals surface area contributed by atoms with Crippen LogP contribution in [0.15, 0.2) is 101 Å². The Balaban J connectivity index is 1.30. The Labute approximate surface area is 290 Å². The Bertz CT molecular complexity index is 1960. The number of nitrogens with one attached hydrogen (secondary N) is 2. The van der Waals surface area contributed by atoms with Gasteiger partial charge in [-0.3, -0.25) is 23.5 Å². The maximum Gasteiger partial charge on any atom is 0.419 e. The van der Waals surface area contributed by atoms with Crippen molar-refractivity contribution >= 4 is 63.3 Å². The normalized spacial score (nSPS) is 18.5. The third-order valence-corrected chi connectivity index (χ3v) is 9.95. The molecule has 2 aliphatic heterocycles. The van der Waals surface area contributed by atoms with Gasteiger partial charge in [-0.25, -0.2) is 24.1 Å². The van der Waals surface area contributed by atoms with Gasteiger partial charge in [0.25, 0.3) is 11.8 Å². The van der Waals surface area contributed by atoms with Crippen LogP contribution in [0.4, 0.5) is 9.93 Å². The number of oxime groups is 1. The molecule has 6 rings (SSSR count). The number of nitrogens with zero attached hydrogens (tertiary/aromatic N) is 5. The number of aromatic nitrogens is 3. The zero-order chi connectivity index (χ0) is 35.2. The first-order valence-corrected chi connectivity index (χ1v) is 17.0. The van der Waals surface area contributed by atoms with Gasteiger partial charge in [0.15, 0.2) is 16.9 Å². The largest absolute Gasteiger partial charge is 0.448 e. The molecule has 4 heterocycles. The molecule has 2 aromatic carbocycles. The first-order valence-electron chi connectivity index (χ1n) is 14.8. The van der Waals surface area contributed by atoms with Gasteiger partial charge in [0.2, 0.25) is 6.41 Å². The molecule has 3 atom stereocenters. The Morgan fingerprint density at radius 2 is 1.82 bits per heavy atom. The molecule has 1 fully saturated rings. The maximum absolute atomic E-state index is 14.2. The number of ether oxygens (including phenoxy) is 2. The van der Waals surface area contributed by atoms with Crippen LogP contribution in [-0.4, -0.2) is 90.5 Å². The third-order valence-electron chi connectivity index (χ3n) is 7.53. The number of hydrogen-bond acceptors (Lipinski definition) is 13. The summed E-state index contributed by atoms with van der Waals surface area (Å²) in [5, 5.41) is 9.07. The second-order valence-electron chi connectivity index (χ2n) is 10.6. The highest BCUT2D eigenvalue weighted by Crippen LogP contribution is 2.37. The molecule has 50 heavy (non-hydrogen) atoms. The summed E-state index contributed by atoms with van der Waals surface area (Å²) in [6.07, 6.45) is 2.67. The van der Waals surface area contributed by atoms with E-state index in [9.17, 15) is 28.2 Å². The van der Waals surface area contributed by atoms with Gasteiger partial charge in [0.05, 0.1) is 16.6 Å². The molecule has 2 aromatic heterocycles. The summed E-state index contributed by atoms with van der Waals surface area (Å²) in [7, 11) is -0.671. The minimum atomic E-state index is -1.88. The monoisotopic (exact) mass is 717 g/mol. The molecule has 1 saturated heterocycles. The van der Waals surface area contributed by atoms with E-state index in [1.807, 2.05) is 12.1 Å². The molecule has 4 aromatic rings. The zero-order valence-corrected chi connectivity index (χ0v) is 27.7. The second kappa shape index (κ2) is 15.0. The fourth-order valence-corrected chi connectivity index (χ4v) is 7.62. The predicted molar refractivity (Wildman–Crippen MR) is 178 cm³/mol. The van der Waals surface area contributed by atoms with Crippen molar-refractivity contribution in [1.29, 1.82) is 0 Å². The number of benzene rings is 2. The minimum Gasteiger partial charge on any atom is -0.448 e. The van der Waals surface area contributed by atoms with Crippen LogP contribution < -0.4 is 10.6 Å². The SMILES string of the molecule is CO/N=C(/C(=O)NC1C(=O)N2C(C(=O)OC(c3ccccc3)c3ccccc3)=C(COC(=O)n3ccnc3)CS(=O)[C@H]12)c1csc(NC=O)n1. The quantitative estimate of drug-likeness (QED) is 0.0714. The van der Waals surface area contributed by atoms with E-state index in [1.54, 1.807) is 48.5 Å². The van der Waals surface area contributed by atoms with E-state index in [1.165, 1.54) is 31.2 Å². The molecule has 0 saturated carbocycles.